The monoisotopic (exact) mass is 1890 g/mol. The molecule has 0 spiro atoms. The van der Waals surface area contributed by atoms with E-state index in [1.54, 1.807) is 52.0 Å². The predicted molar refractivity (Wildman–Crippen MR) is 415 cm³/mol. The van der Waals surface area contributed by atoms with Gasteiger partial charge in [0, 0.05) is 114 Å². The van der Waals surface area contributed by atoms with Gasteiger partial charge in [0.25, 0.3) is 5.91 Å². The van der Waals surface area contributed by atoms with Crippen molar-refractivity contribution >= 4 is 128 Å². The highest BCUT2D eigenvalue weighted by Gasteiger charge is 2.39. The number of rotatable bonds is 15. The molecule has 0 radical (unpaired) electrons. The predicted octanol–water partition coefficient (Wildman–Crippen LogP) is 17.2. The molecule has 5 aromatic heterocycles. The van der Waals surface area contributed by atoms with E-state index in [4.69, 9.17) is 20.3 Å². The first-order valence-corrected chi connectivity index (χ1v) is 36.4. The van der Waals surface area contributed by atoms with Gasteiger partial charge in [-0.15, -0.1) is 0 Å². The number of hydrogen-bond acceptors (Lipinski definition) is 17. The number of carboxylic acids is 1. The number of amides is 1. The minimum atomic E-state index is -4.77. The number of carboxylic acid groups (broad SMARTS) is 1. The second-order valence-corrected chi connectivity index (χ2v) is 26.7. The van der Waals surface area contributed by atoms with Gasteiger partial charge < -0.3 is 50.1 Å². The molecular weight excluding hydrogens is 1830 g/mol. The molecule has 0 aliphatic heterocycles. The van der Waals surface area contributed by atoms with Crippen molar-refractivity contribution in [2.75, 3.05) is 32.2 Å². The number of aromatic nitrogens is 7. The number of nitrogens with one attached hydrogen (secondary N) is 6. The van der Waals surface area contributed by atoms with Crippen molar-refractivity contribution in [3.05, 3.63) is 258 Å². The van der Waals surface area contributed by atoms with Gasteiger partial charge in [-0.05, 0) is 123 Å². The molecule has 11 aromatic rings. The van der Waals surface area contributed by atoms with Crippen molar-refractivity contribution in [3.63, 3.8) is 0 Å². The van der Waals surface area contributed by atoms with Gasteiger partial charge in [-0.25, -0.2) is 24.0 Å². The van der Waals surface area contributed by atoms with E-state index in [1.807, 2.05) is 12.0 Å². The number of nitrogens with two attached hydrogens (primary N) is 1. The summed E-state index contributed by atoms with van der Waals surface area (Å²) in [4.78, 5) is 123. The lowest BCUT2D eigenvalue weighted by Crippen LogP contribution is -2.25. The number of carbonyl (C=O) groups is 7. The van der Waals surface area contributed by atoms with Gasteiger partial charge in [0.05, 0.1) is 83.2 Å². The van der Waals surface area contributed by atoms with Crippen molar-refractivity contribution in [3.8, 4) is 34.1 Å². The molecule has 9 N–H and O–H groups in total. The molecule has 24 nitrogen and oxygen atoms in total. The smallest absolute Gasteiger partial charge is 0.418 e. The van der Waals surface area contributed by atoms with Gasteiger partial charge in [-0.1, -0.05) is 84.2 Å². The topological polar surface area (TPSA) is 371 Å². The van der Waals surface area contributed by atoms with E-state index >= 15 is 0 Å². The zero-order valence-corrected chi connectivity index (χ0v) is 66.9. The summed E-state index contributed by atoms with van der Waals surface area (Å²) in [7, 11) is 0. The van der Waals surface area contributed by atoms with Crippen LogP contribution in [0.25, 0.3) is 55.0 Å². The maximum Gasteiger partial charge on any atom is 0.418 e. The normalized spacial score (nSPS) is 11.4. The van der Waals surface area contributed by atoms with Gasteiger partial charge in [0.1, 0.15) is 17.1 Å². The Morgan fingerprint density at radius 2 is 0.925 bits per heavy atom. The maximum atomic E-state index is 13.7. The second kappa shape index (κ2) is 42.1. The molecule has 0 unspecified atom stereocenters. The molecule has 0 aliphatic carbocycles. The minimum absolute atomic E-state index is 0.0332. The number of nitrogens with zero attached hydrogens (tertiary/aromatic N) is 2. The third-order valence-electron chi connectivity index (χ3n) is 15.4. The quantitative estimate of drug-likeness (QED) is 0.00691. The van der Waals surface area contributed by atoms with Crippen molar-refractivity contribution < 1.29 is 123 Å². The van der Waals surface area contributed by atoms with Crippen LogP contribution in [0, 0.1) is 11.8 Å². The molecule has 0 aliphatic rings. The number of carbonyl (C=O) groups excluding carboxylic acids is 6. The SMILES string of the molecule is CCOC(=O)/C=C(\Cc1ccc(Br)cc1C(F)(F)F)C(=O)OCC.CCOC(=O)C#CC(C)=O.CCOC(=O)c1cc(=O)c2cc(Br)cc(C(F)(F)F)c2[nH]1.Nc1ccc(Br)cc1C(F)(F)F.O=C(NCc1ccccc1)c1cc(=O)c2cc(-c3cn[nH]c3)cc(C(F)(F)F)c2[nH]1.O=C(O)c1cc(=O)c2cc(-c3cn[nH]c3)cc(C(F)(F)F)c2[nH]1. The number of aromatic carboxylic acids is 1. The lowest BCUT2D eigenvalue weighted by Gasteiger charge is -2.14. The summed E-state index contributed by atoms with van der Waals surface area (Å²) in [6, 6.07) is 25.4. The van der Waals surface area contributed by atoms with Crippen LogP contribution in [0.1, 0.15) is 105 Å². The summed E-state index contributed by atoms with van der Waals surface area (Å²) in [5, 5.41) is 23.3. The summed E-state index contributed by atoms with van der Waals surface area (Å²) >= 11 is 8.86. The van der Waals surface area contributed by atoms with Gasteiger partial charge in [-0.2, -0.15) is 76.1 Å². The molecule has 0 fully saturated rings. The highest BCUT2D eigenvalue weighted by atomic mass is 79.9. The molecule has 5 heterocycles. The number of alkyl halides is 15. The molecule has 0 bridgehead atoms. The van der Waals surface area contributed by atoms with Crippen LogP contribution in [0.2, 0.25) is 0 Å². The molecule has 0 saturated carbocycles. The van der Waals surface area contributed by atoms with Crippen LogP contribution in [-0.2, 0) is 82.0 Å². The number of anilines is 1. The number of halogens is 18. The highest BCUT2D eigenvalue weighted by Crippen LogP contribution is 2.41. The van der Waals surface area contributed by atoms with Crippen LogP contribution >= 0.6 is 47.8 Å². The fourth-order valence-electron chi connectivity index (χ4n) is 10.3. The molecule has 0 saturated heterocycles. The van der Waals surface area contributed by atoms with Crippen LogP contribution in [0.5, 0.6) is 0 Å². The van der Waals surface area contributed by atoms with Crippen molar-refractivity contribution in [2.24, 2.45) is 0 Å². The Morgan fingerprint density at radius 1 is 0.492 bits per heavy atom. The fourth-order valence-corrected chi connectivity index (χ4v) is 11.4. The Kier molecular flexibility index (Phi) is 33.8. The molecule has 42 heteroatoms. The van der Waals surface area contributed by atoms with E-state index in [9.17, 15) is 114 Å². The van der Waals surface area contributed by atoms with E-state index in [2.05, 4.69) is 104 Å². The van der Waals surface area contributed by atoms with E-state index in [0.29, 0.717) is 15.6 Å². The molecule has 0 atom stereocenters. The number of Topliss-reactive ketones (excluding diaryl/α,β-unsaturated/α-hetero) is 1. The van der Waals surface area contributed by atoms with Gasteiger partial charge >= 0.3 is 60.7 Å². The van der Waals surface area contributed by atoms with Crippen LogP contribution in [0.3, 0.4) is 0 Å². The lowest BCUT2D eigenvalue weighted by atomic mass is 9.99. The number of benzene rings is 6. The number of esters is 4. The molecular formula is C78H61Br3F15N9O15. The number of H-pyrrole nitrogens is 5. The lowest BCUT2D eigenvalue weighted by molar-refractivity contribution is -0.141. The molecule has 634 valence electrons. The molecule has 1 amide bonds. The first-order valence-electron chi connectivity index (χ1n) is 34.0. The first-order chi connectivity index (χ1) is 56.1. The Hall–Kier alpha value is -12.7. The third kappa shape index (κ3) is 27.7. The van der Waals surface area contributed by atoms with Crippen LogP contribution in [-0.4, -0.2) is 108 Å². The largest absolute Gasteiger partial charge is 0.477 e. The summed E-state index contributed by atoms with van der Waals surface area (Å²) in [5.41, 5.74) is -3.24. The first kappa shape index (κ1) is 96.2. The number of pyridine rings is 3. The van der Waals surface area contributed by atoms with Gasteiger partial charge in [0.15, 0.2) is 16.3 Å². The number of nitrogen functional groups attached to an aromatic ring is 1. The zero-order chi connectivity index (χ0) is 89.5. The summed E-state index contributed by atoms with van der Waals surface area (Å²) < 4.78 is 215. The minimum Gasteiger partial charge on any atom is -0.477 e. The van der Waals surface area contributed by atoms with E-state index in [1.165, 1.54) is 74.2 Å². The van der Waals surface area contributed by atoms with Crippen molar-refractivity contribution in [1.29, 1.82) is 0 Å². The van der Waals surface area contributed by atoms with Crippen LogP contribution < -0.4 is 27.3 Å². The molecule has 120 heavy (non-hydrogen) atoms. The van der Waals surface area contributed by atoms with Gasteiger partial charge in [0.2, 0.25) is 5.78 Å². The number of hydrogen-bond donors (Lipinski definition) is 8. The second-order valence-electron chi connectivity index (χ2n) is 23.9. The van der Waals surface area contributed by atoms with Crippen molar-refractivity contribution in [2.45, 2.75) is 78.5 Å². The number of ether oxygens (including phenoxy) is 4. The number of aromatic amines is 5. The standard InChI is InChI=1S/C21H15F3N4O2.C16H16BrF3O4.C14H8F3N3O3.C13H9BrF3NO3.C7H5BrF3N.C7H8O3/c22-21(23,24)16-7-13(14-10-26-27-11-14)6-15-18(29)8-17(28-19(15)16)20(30)25-9-12-4-2-1-3-5-12;1-3-23-14(21)8-11(15(22)24-4-2)7-10-5-6-12(17)9-13(10)16(18,19)20;15-14(16,17)9-2-6(7-4-18-19-5-7)1-8-11(21)3-10(13(22)23)20-12(8)9;1-2-21-12(20)9-5-10(19)7-3-6(14)4-8(11(7)18-9)13(15,16)17;8-4-1-2-6(12)5(3-4)7(9,10)11;1-3-10-7(9)5-4-6(2)8/h1-8,10-11H,9H2,(H,25,30)(H,26,27)(H,28,29);5-6,8-9H,3-4,7H2,1-2H3;1-5H,(H,18,19)(H,20,21)(H,22,23);3-5H,2H2,1H3,(H,18,19);1-3H,12H2;3H2,1-2H3/b;11-8+;;;;. The van der Waals surface area contributed by atoms with E-state index in [-0.39, 0.29) is 103 Å². The molecule has 11 rings (SSSR count). The Labute approximate surface area is 690 Å². The van der Waals surface area contributed by atoms with Crippen LogP contribution in [0.15, 0.2) is 186 Å². The summed E-state index contributed by atoms with van der Waals surface area (Å²) in [6.45, 7) is 8.26. The Bertz CT molecular complexity index is 5860. The third-order valence-corrected chi connectivity index (χ3v) is 16.9. The Balaban J connectivity index is 0.000000230. The average Bonchev–Trinajstić information content (AvgIpc) is 1.03. The van der Waals surface area contributed by atoms with Crippen molar-refractivity contribution in [1.82, 2.24) is 40.7 Å². The fraction of sp³-hybridized carbons (Fsp3) is 0.205. The van der Waals surface area contributed by atoms with E-state index < -0.39 is 139 Å². The molecule has 6 aromatic carbocycles. The maximum absolute atomic E-state index is 13.7. The van der Waals surface area contributed by atoms with E-state index in [0.717, 1.165) is 60.2 Å². The number of fused-ring (bicyclic) bond motifs is 3. The summed E-state index contributed by atoms with van der Waals surface area (Å²) in [5.74, 6) is -1.65. The van der Waals surface area contributed by atoms with Crippen LogP contribution in [0.4, 0.5) is 71.5 Å². The summed E-state index contributed by atoms with van der Waals surface area (Å²) in [6.07, 6.45) is -17.2. The highest BCUT2D eigenvalue weighted by molar-refractivity contribution is 9.11. The van der Waals surface area contributed by atoms with Gasteiger partial charge in [-0.3, -0.25) is 34.2 Å². The Morgan fingerprint density at radius 3 is 1.38 bits per heavy atom. The average molecular weight is 1890 g/mol. The number of ketones is 1. The zero-order valence-electron chi connectivity index (χ0n) is 62.1.